The average molecular weight is 297 g/mol. The fourth-order valence-electron chi connectivity index (χ4n) is 2.03. The molecular formula is C14H14F3N3O. The second kappa shape index (κ2) is 6.02. The van der Waals surface area contributed by atoms with Crippen molar-refractivity contribution in [2.75, 3.05) is 5.73 Å². The molecule has 5 N–H and O–H groups in total. The Kier molecular flexibility index (Phi) is 4.35. The Labute approximate surface area is 119 Å². The molecule has 2 rings (SSSR count). The molecular weight excluding hydrogens is 283 g/mol. The molecule has 0 saturated carbocycles. The van der Waals surface area contributed by atoms with Gasteiger partial charge in [-0.25, -0.2) is 5.43 Å². The molecule has 1 unspecified atom stereocenters. The third kappa shape index (κ3) is 3.87. The zero-order valence-corrected chi connectivity index (χ0v) is 10.9. The van der Waals surface area contributed by atoms with Crippen LogP contribution in [0.4, 0.5) is 18.9 Å². The minimum Gasteiger partial charge on any atom is -0.406 e. The molecule has 0 aromatic heterocycles. The third-order valence-corrected chi connectivity index (χ3v) is 2.90. The second-order valence-corrected chi connectivity index (χ2v) is 4.35. The van der Waals surface area contributed by atoms with Crippen molar-refractivity contribution in [2.24, 2.45) is 5.84 Å². The first-order valence-corrected chi connectivity index (χ1v) is 6.07. The van der Waals surface area contributed by atoms with Gasteiger partial charge in [0.25, 0.3) is 0 Å². The fraction of sp³-hybridized carbons (Fsp3) is 0.143. The monoisotopic (exact) mass is 297 g/mol. The van der Waals surface area contributed by atoms with Crippen molar-refractivity contribution in [1.29, 1.82) is 0 Å². The number of alkyl halides is 3. The number of nitrogens with one attached hydrogen (secondary N) is 1. The molecule has 0 bridgehead atoms. The predicted molar refractivity (Wildman–Crippen MR) is 73.1 cm³/mol. The van der Waals surface area contributed by atoms with Gasteiger partial charge < -0.3 is 10.5 Å². The number of para-hydroxylation sites is 1. The van der Waals surface area contributed by atoms with E-state index in [2.05, 4.69) is 10.2 Å². The first kappa shape index (κ1) is 15.1. The fourth-order valence-corrected chi connectivity index (χ4v) is 2.03. The van der Waals surface area contributed by atoms with Crippen LogP contribution in [0.15, 0.2) is 48.5 Å². The number of halogens is 3. The lowest BCUT2D eigenvalue weighted by Crippen LogP contribution is -2.29. The number of hydrogen-bond donors (Lipinski definition) is 3. The quantitative estimate of drug-likeness (QED) is 0.461. The summed E-state index contributed by atoms with van der Waals surface area (Å²) in [5.74, 6) is 5.20. The number of benzene rings is 2. The topological polar surface area (TPSA) is 73.3 Å². The SMILES string of the molecule is NNC(c1cccc(OC(F)(F)F)c1)c1ccccc1N. The van der Waals surface area contributed by atoms with E-state index in [1.165, 1.54) is 18.2 Å². The molecule has 2 aromatic rings. The smallest absolute Gasteiger partial charge is 0.406 e. The maximum atomic E-state index is 12.3. The van der Waals surface area contributed by atoms with Crippen molar-refractivity contribution >= 4 is 5.69 Å². The summed E-state index contributed by atoms with van der Waals surface area (Å²) in [6.07, 6.45) is -4.74. The van der Waals surface area contributed by atoms with Crippen LogP contribution >= 0.6 is 0 Å². The van der Waals surface area contributed by atoms with Crippen molar-refractivity contribution in [3.63, 3.8) is 0 Å². The lowest BCUT2D eigenvalue weighted by molar-refractivity contribution is -0.274. The Morgan fingerprint density at radius 1 is 1.05 bits per heavy atom. The number of anilines is 1. The van der Waals surface area contributed by atoms with E-state index in [1.54, 1.807) is 30.3 Å². The number of hydrazine groups is 1. The van der Waals surface area contributed by atoms with Crippen molar-refractivity contribution in [2.45, 2.75) is 12.4 Å². The molecule has 0 fully saturated rings. The van der Waals surface area contributed by atoms with Crippen LogP contribution in [0.5, 0.6) is 5.75 Å². The second-order valence-electron chi connectivity index (χ2n) is 4.35. The molecule has 112 valence electrons. The molecule has 0 radical (unpaired) electrons. The Balaban J connectivity index is 2.35. The van der Waals surface area contributed by atoms with Crippen LogP contribution in [0.1, 0.15) is 17.2 Å². The summed E-state index contributed by atoms with van der Waals surface area (Å²) in [6, 6.07) is 12.0. The zero-order chi connectivity index (χ0) is 15.5. The molecule has 1 atom stereocenters. The Bertz CT molecular complexity index is 616. The Morgan fingerprint density at radius 3 is 2.38 bits per heavy atom. The molecule has 0 aliphatic carbocycles. The lowest BCUT2D eigenvalue weighted by atomic mass is 9.98. The van der Waals surface area contributed by atoms with E-state index in [0.717, 1.165) is 0 Å². The number of nitrogens with two attached hydrogens (primary N) is 2. The number of hydrogen-bond acceptors (Lipinski definition) is 4. The summed E-state index contributed by atoms with van der Waals surface area (Å²) in [4.78, 5) is 0. The highest BCUT2D eigenvalue weighted by Crippen LogP contribution is 2.30. The highest BCUT2D eigenvalue weighted by molar-refractivity contribution is 5.51. The standard InChI is InChI=1S/C14H14F3N3O/c15-14(16,17)21-10-5-3-4-9(8-10)13(20-19)11-6-1-2-7-12(11)18/h1-8,13,20H,18-19H2. The van der Waals surface area contributed by atoms with Gasteiger partial charge in [0.2, 0.25) is 0 Å². The molecule has 7 heteroatoms. The van der Waals surface area contributed by atoms with Crippen molar-refractivity contribution in [3.05, 3.63) is 59.7 Å². The van der Waals surface area contributed by atoms with Crippen LogP contribution in [-0.2, 0) is 0 Å². The number of rotatable bonds is 4. The maximum Gasteiger partial charge on any atom is 0.573 e. The largest absolute Gasteiger partial charge is 0.573 e. The van der Waals surface area contributed by atoms with Gasteiger partial charge in [-0.2, -0.15) is 0 Å². The van der Waals surface area contributed by atoms with Gasteiger partial charge in [-0.05, 0) is 29.3 Å². The molecule has 0 saturated heterocycles. The summed E-state index contributed by atoms with van der Waals surface area (Å²) in [5.41, 5.74) is 10.1. The molecule has 0 amide bonds. The minimum atomic E-state index is -4.74. The van der Waals surface area contributed by atoms with Gasteiger partial charge in [0.05, 0.1) is 6.04 Å². The third-order valence-electron chi connectivity index (χ3n) is 2.90. The molecule has 4 nitrogen and oxygen atoms in total. The minimum absolute atomic E-state index is 0.310. The average Bonchev–Trinajstić information content (AvgIpc) is 2.40. The highest BCUT2D eigenvalue weighted by Gasteiger charge is 2.31. The summed E-state index contributed by atoms with van der Waals surface area (Å²) in [7, 11) is 0. The lowest BCUT2D eigenvalue weighted by Gasteiger charge is -2.19. The van der Waals surface area contributed by atoms with E-state index in [1.807, 2.05) is 0 Å². The predicted octanol–water partition coefficient (Wildman–Crippen LogP) is 2.72. The van der Waals surface area contributed by atoms with E-state index >= 15 is 0 Å². The highest BCUT2D eigenvalue weighted by atomic mass is 19.4. The molecule has 2 aromatic carbocycles. The molecule has 0 aliphatic heterocycles. The molecule has 0 heterocycles. The van der Waals surface area contributed by atoms with Crippen molar-refractivity contribution in [3.8, 4) is 5.75 Å². The van der Waals surface area contributed by atoms with E-state index in [4.69, 9.17) is 11.6 Å². The first-order chi connectivity index (χ1) is 9.90. The van der Waals surface area contributed by atoms with E-state index in [9.17, 15) is 13.2 Å². The summed E-state index contributed by atoms with van der Waals surface area (Å²) in [5, 5.41) is 0. The summed E-state index contributed by atoms with van der Waals surface area (Å²) >= 11 is 0. The maximum absolute atomic E-state index is 12.3. The van der Waals surface area contributed by atoms with Gasteiger partial charge >= 0.3 is 6.36 Å². The normalized spacial score (nSPS) is 13.0. The molecule has 0 spiro atoms. The van der Waals surface area contributed by atoms with Crippen LogP contribution in [0.2, 0.25) is 0 Å². The van der Waals surface area contributed by atoms with Gasteiger partial charge in [-0.1, -0.05) is 30.3 Å². The van der Waals surface area contributed by atoms with Crippen LogP contribution < -0.4 is 21.7 Å². The molecule has 0 aliphatic rings. The van der Waals surface area contributed by atoms with Gasteiger partial charge in [0.1, 0.15) is 5.75 Å². The van der Waals surface area contributed by atoms with Crippen LogP contribution in [0.3, 0.4) is 0 Å². The summed E-state index contributed by atoms with van der Waals surface area (Å²) in [6.45, 7) is 0. The van der Waals surface area contributed by atoms with Crippen LogP contribution in [0, 0.1) is 0 Å². The zero-order valence-electron chi connectivity index (χ0n) is 10.9. The number of nitrogen functional groups attached to an aromatic ring is 1. The van der Waals surface area contributed by atoms with Crippen molar-refractivity contribution < 1.29 is 17.9 Å². The van der Waals surface area contributed by atoms with Gasteiger partial charge in [-0.15, -0.1) is 13.2 Å². The first-order valence-electron chi connectivity index (χ1n) is 6.07. The van der Waals surface area contributed by atoms with E-state index in [0.29, 0.717) is 16.8 Å². The Morgan fingerprint density at radius 2 is 1.76 bits per heavy atom. The van der Waals surface area contributed by atoms with Gasteiger partial charge in [-0.3, -0.25) is 5.84 Å². The van der Waals surface area contributed by atoms with Crippen LogP contribution in [-0.4, -0.2) is 6.36 Å². The van der Waals surface area contributed by atoms with Crippen LogP contribution in [0.25, 0.3) is 0 Å². The van der Waals surface area contributed by atoms with Gasteiger partial charge in [0.15, 0.2) is 0 Å². The van der Waals surface area contributed by atoms with Crippen molar-refractivity contribution in [1.82, 2.24) is 5.43 Å². The summed E-state index contributed by atoms with van der Waals surface area (Å²) < 4.78 is 40.7. The van der Waals surface area contributed by atoms with E-state index < -0.39 is 12.4 Å². The number of ether oxygens (including phenoxy) is 1. The molecule has 21 heavy (non-hydrogen) atoms. The Hall–Kier alpha value is -2.25. The van der Waals surface area contributed by atoms with E-state index in [-0.39, 0.29) is 5.75 Å². The van der Waals surface area contributed by atoms with Gasteiger partial charge in [0, 0.05) is 5.69 Å².